The third-order valence-electron chi connectivity index (χ3n) is 3.91. The third kappa shape index (κ3) is 2.19. The Bertz CT molecular complexity index is 409. The van der Waals surface area contributed by atoms with Gasteiger partial charge in [0.2, 0.25) is 0 Å². The van der Waals surface area contributed by atoms with Gasteiger partial charge < -0.3 is 10.1 Å². The number of ether oxygens (including phenoxy) is 1. The molecule has 0 bridgehead atoms. The maximum atomic E-state index is 5.43. The molecule has 1 saturated heterocycles. The van der Waals surface area contributed by atoms with Gasteiger partial charge in [-0.2, -0.15) is 0 Å². The fourth-order valence-electron chi connectivity index (χ4n) is 2.57. The SMILES string of the molecule is COc1ccc(C2CNC2(C)C)cc1C(C)C. The van der Waals surface area contributed by atoms with Crippen molar-refractivity contribution in [2.45, 2.75) is 45.1 Å². The molecule has 17 heavy (non-hydrogen) atoms. The zero-order valence-corrected chi connectivity index (χ0v) is 11.5. The van der Waals surface area contributed by atoms with Crippen LogP contribution in [0.2, 0.25) is 0 Å². The Morgan fingerprint density at radius 3 is 2.47 bits per heavy atom. The molecule has 0 aromatic heterocycles. The van der Waals surface area contributed by atoms with Gasteiger partial charge in [-0.15, -0.1) is 0 Å². The molecule has 1 aromatic carbocycles. The molecule has 1 atom stereocenters. The summed E-state index contributed by atoms with van der Waals surface area (Å²) >= 11 is 0. The number of rotatable bonds is 3. The summed E-state index contributed by atoms with van der Waals surface area (Å²) in [5, 5.41) is 3.48. The van der Waals surface area contributed by atoms with Crippen molar-refractivity contribution in [2.24, 2.45) is 0 Å². The number of hydrogen-bond acceptors (Lipinski definition) is 2. The van der Waals surface area contributed by atoms with Crippen molar-refractivity contribution in [1.29, 1.82) is 0 Å². The molecule has 1 fully saturated rings. The molecule has 0 amide bonds. The second kappa shape index (κ2) is 4.34. The third-order valence-corrected chi connectivity index (χ3v) is 3.91. The van der Waals surface area contributed by atoms with Crippen molar-refractivity contribution in [2.75, 3.05) is 13.7 Å². The lowest BCUT2D eigenvalue weighted by atomic mass is 9.74. The van der Waals surface area contributed by atoms with Gasteiger partial charge in [0.25, 0.3) is 0 Å². The molecule has 2 rings (SSSR count). The van der Waals surface area contributed by atoms with Crippen LogP contribution in [0.25, 0.3) is 0 Å². The minimum Gasteiger partial charge on any atom is -0.496 e. The van der Waals surface area contributed by atoms with Crippen LogP contribution >= 0.6 is 0 Å². The molecular formula is C15H23NO. The fraction of sp³-hybridized carbons (Fsp3) is 0.600. The summed E-state index contributed by atoms with van der Waals surface area (Å²) in [5.41, 5.74) is 2.97. The monoisotopic (exact) mass is 233 g/mol. The van der Waals surface area contributed by atoms with Gasteiger partial charge in [-0.1, -0.05) is 26.0 Å². The standard InChI is InChI=1S/C15H23NO/c1-10(2)12-8-11(6-7-14(12)17-5)13-9-16-15(13,3)4/h6-8,10,13,16H,9H2,1-5H3. The first-order chi connectivity index (χ1) is 7.95. The minimum absolute atomic E-state index is 0.225. The van der Waals surface area contributed by atoms with Crippen molar-refractivity contribution < 1.29 is 4.74 Å². The van der Waals surface area contributed by atoms with Crippen LogP contribution < -0.4 is 10.1 Å². The van der Waals surface area contributed by atoms with Gasteiger partial charge in [0.05, 0.1) is 7.11 Å². The van der Waals surface area contributed by atoms with E-state index in [1.165, 1.54) is 11.1 Å². The highest BCUT2D eigenvalue weighted by Gasteiger charge is 2.39. The number of hydrogen-bond donors (Lipinski definition) is 1. The van der Waals surface area contributed by atoms with Crippen LogP contribution in [0.15, 0.2) is 18.2 Å². The van der Waals surface area contributed by atoms with Gasteiger partial charge in [0, 0.05) is 18.0 Å². The first kappa shape index (κ1) is 12.4. The molecule has 1 heterocycles. The predicted octanol–water partition coefficient (Wildman–Crippen LogP) is 3.28. The van der Waals surface area contributed by atoms with Crippen LogP contribution in [0.1, 0.15) is 50.7 Å². The summed E-state index contributed by atoms with van der Waals surface area (Å²) in [5.74, 6) is 2.13. The Labute approximate surface area is 104 Å². The zero-order chi connectivity index (χ0) is 12.6. The molecule has 1 unspecified atom stereocenters. The van der Waals surface area contributed by atoms with E-state index in [-0.39, 0.29) is 5.54 Å². The lowest BCUT2D eigenvalue weighted by Crippen LogP contribution is -2.59. The van der Waals surface area contributed by atoms with Gasteiger partial charge in [-0.3, -0.25) is 0 Å². The second-order valence-electron chi connectivity index (χ2n) is 5.81. The van der Waals surface area contributed by atoms with Crippen LogP contribution in [0.4, 0.5) is 0 Å². The number of methoxy groups -OCH3 is 1. The molecule has 0 saturated carbocycles. The minimum atomic E-state index is 0.225. The zero-order valence-electron chi connectivity index (χ0n) is 11.5. The molecule has 2 nitrogen and oxygen atoms in total. The van der Waals surface area contributed by atoms with Crippen molar-refractivity contribution in [1.82, 2.24) is 5.32 Å². The Hall–Kier alpha value is -1.02. The number of nitrogens with one attached hydrogen (secondary N) is 1. The molecule has 0 spiro atoms. The maximum absolute atomic E-state index is 5.43. The normalized spacial score (nSPS) is 22.4. The molecule has 2 heteroatoms. The highest BCUT2D eigenvalue weighted by molar-refractivity contribution is 5.42. The van der Waals surface area contributed by atoms with Crippen molar-refractivity contribution in [3.05, 3.63) is 29.3 Å². The molecule has 1 aliphatic rings. The van der Waals surface area contributed by atoms with Crippen LogP contribution in [0.5, 0.6) is 5.75 Å². The second-order valence-corrected chi connectivity index (χ2v) is 5.81. The summed E-state index contributed by atoms with van der Waals surface area (Å²) in [4.78, 5) is 0. The van der Waals surface area contributed by atoms with E-state index in [1.54, 1.807) is 7.11 Å². The smallest absolute Gasteiger partial charge is 0.122 e. The molecular weight excluding hydrogens is 210 g/mol. The molecule has 94 valence electrons. The van der Waals surface area contributed by atoms with Gasteiger partial charge in [0.15, 0.2) is 0 Å². The van der Waals surface area contributed by atoms with Crippen molar-refractivity contribution >= 4 is 0 Å². The Balaban J connectivity index is 2.34. The topological polar surface area (TPSA) is 21.3 Å². The first-order valence-electron chi connectivity index (χ1n) is 6.38. The maximum Gasteiger partial charge on any atom is 0.122 e. The summed E-state index contributed by atoms with van der Waals surface area (Å²) in [6.07, 6.45) is 0. The van der Waals surface area contributed by atoms with E-state index < -0.39 is 0 Å². The Morgan fingerprint density at radius 1 is 1.35 bits per heavy atom. The fourth-order valence-corrected chi connectivity index (χ4v) is 2.57. The molecule has 0 aliphatic carbocycles. The average molecular weight is 233 g/mol. The summed E-state index contributed by atoms with van der Waals surface area (Å²) in [6, 6.07) is 6.63. The summed E-state index contributed by atoms with van der Waals surface area (Å²) < 4.78 is 5.43. The van der Waals surface area contributed by atoms with Crippen LogP contribution in [-0.2, 0) is 0 Å². The van der Waals surface area contributed by atoms with E-state index in [0.717, 1.165) is 12.3 Å². The van der Waals surface area contributed by atoms with Gasteiger partial charge >= 0.3 is 0 Å². The van der Waals surface area contributed by atoms with Crippen molar-refractivity contribution in [3.8, 4) is 5.75 Å². The van der Waals surface area contributed by atoms with E-state index in [1.807, 2.05) is 0 Å². The summed E-state index contributed by atoms with van der Waals surface area (Å²) in [7, 11) is 1.75. The molecule has 0 radical (unpaired) electrons. The van der Waals surface area contributed by atoms with Crippen LogP contribution in [0.3, 0.4) is 0 Å². The average Bonchev–Trinajstić information content (AvgIpc) is 2.27. The lowest BCUT2D eigenvalue weighted by molar-refractivity contribution is 0.208. The van der Waals surface area contributed by atoms with Crippen molar-refractivity contribution in [3.63, 3.8) is 0 Å². The Morgan fingerprint density at radius 2 is 2.06 bits per heavy atom. The quantitative estimate of drug-likeness (QED) is 0.865. The van der Waals surface area contributed by atoms with Gasteiger partial charge in [0.1, 0.15) is 5.75 Å². The molecule has 1 aromatic rings. The summed E-state index contributed by atoms with van der Waals surface area (Å²) in [6.45, 7) is 10.0. The van der Waals surface area contributed by atoms with E-state index in [9.17, 15) is 0 Å². The first-order valence-corrected chi connectivity index (χ1v) is 6.38. The van der Waals surface area contributed by atoms with E-state index in [4.69, 9.17) is 4.74 Å². The largest absolute Gasteiger partial charge is 0.496 e. The van der Waals surface area contributed by atoms with Gasteiger partial charge in [-0.05, 0) is 37.0 Å². The number of benzene rings is 1. The van der Waals surface area contributed by atoms with E-state index in [2.05, 4.69) is 51.2 Å². The van der Waals surface area contributed by atoms with Crippen LogP contribution in [-0.4, -0.2) is 19.2 Å². The highest BCUT2D eigenvalue weighted by Crippen LogP contribution is 2.38. The Kier molecular flexibility index (Phi) is 3.17. The molecule has 1 aliphatic heterocycles. The predicted molar refractivity (Wildman–Crippen MR) is 71.9 cm³/mol. The van der Waals surface area contributed by atoms with E-state index >= 15 is 0 Å². The van der Waals surface area contributed by atoms with Gasteiger partial charge in [-0.25, -0.2) is 0 Å². The van der Waals surface area contributed by atoms with E-state index in [0.29, 0.717) is 11.8 Å². The highest BCUT2D eigenvalue weighted by atomic mass is 16.5. The lowest BCUT2D eigenvalue weighted by Gasteiger charge is -2.46. The molecule has 1 N–H and O–H groups in total. The van der Waals surface area contributed by atoms with Crippen LogP contribution in [0, 0.1) is 0 Å².